The Morgan fingerprint density at radius 3 is 2.61 bits per heavy atom. The molecule has 4 nitrogen and oxygen atoms in total. The molecule has 0 bridgehead atoms. The summed E-state index contributed by atoms with van der Waals surface area (Å²) in [5.74, 6) is 0.696. The second-order valence-corrected chi connectivity index (χ2v) is 5.94. The van der Waals surface area contributed by atoms with Crippen molar-refractivity contribution in [3.63, 3.8) is 0 Å². The Morgan fingerprint density at radius 2 is 1.87 bits per heavy atom. The van der Waals surface area contributed by atoms with Crippen LogP contribution in [-0.4, -0.2) is 23.6 Å². The first-order valence-corrected chi connectivity index (χ1v) is 7.60. The SMILES string of the molecule is CC1Cc2cc3c(cc2CN1C(=O)c1ccccc1F)OCO3. The van der Waals surface area contributed by atoms with Crippen LogP contribution in [0, 0.1) is 5.82 Å². The summed E-state index contributed by atoms with van der Waals surface area (Å²) in [6.45, 7) is 2.65. The van der Waals surface area contributed by atoms with Gasteiger partial charge < -0.3 is 14.4 Å². The van der Waals surface area contributed by atoms with Crippen LogP contribution in [0.3, 0.4) is 0 Å². The Kier molecular flexibility index (Phi) is 3.22. The molecule has 0 saturated heterocycles. The first-order valence-electron chi connectivity index (χ1n) is 7.60. The highest BCUT2D eigenvalue weighted by atomic mass is 19.1. The van der Waals surface area contributed by atoms with Crippen LogP contribution in [0.25, 0.3) is 0 Å². The van der Waals surface area contributed by atoms with Gasteiger partial charge in [-0.2, -0.15) is 0 Å². The average molecular weight is 313 g/mol. The molecular formula is C18H16FNO3. The quantitative estimate of drug-likeness (QED) is 0.812. The van der Waals surface area contributed by atoms with Crippen LogP contribution >= 0.6 is 0 Å². The van der Waals surface area contributed by atoms with Crippen molar-refractivity contribution in [1.29, 1.82) is 0 Å². The zero-order valence-electron chi connectivity index (χ0n) is 12.7. The van der Waals surface area contributed by atoms with E-state index in [4.69, 9.17) is 9.47 Å². The third kappa shape index (κ3) is 2.32. The van der Waals surface area contributed by atoms with E-state index in [-0.39, 0.29) is 24.3 Å². The van der Waals surface area contributed by atoms with Gasteiger partial charge in [0.15, 0.2) is 11.5 Å². The summed E-state index contributed by atoms with van der Waals surface area (Å²) < 4.78 is 24.7. The molecule has 2 aromatic carbocycles. The third-order valence-corrected chi connectivity index (χ3v) is 4.45. The van der Waals surface area contributed by atoms with E-state index in [2.05, 4.69) is 0 Å². The number of nitrogens with zero attached hydrogens (tertiary/aromatic N) is 1. The lowest BCUT2D eigenvalue weighted by Gasteiger charge is -2.35. The van der Waals surface area contributed by atoms with Crippen LogP contribution in [-0.2, 0) is 13.0 Å². The fourth-order valence-corrected chi connectivity index (χ4v) is 3.19. The minimum atomic E-state index is -0.485. The van der Waals surface area contributed by atoms with Gasteiger partial charge in [0.05, 0.1) is 5.56 Å². The lowest BCUT2D eigenvalue weighted by Crippen LogP contribution is -2.42. The summed E-state index contributed by atoms with van der Waals surface area (Å²) in [4.78, 5) is 14.4. The number of rotatable bonds is 1. The van der Waals surface area contributed by atoms with Crippen LogP contribution in [0.5, 0.6) is 11.5 Å². The number of hydrogen-bond acceptors (Lipinski definition) is 3. The number of hydrogen-bond donors (Lipinski definition) is 0. The number of amides is 1. The van der Waals surface area contributed by atoms with Crippen molar-refractivity contribution < 1.29 is 18.7 Å². The molecule has 2 aliphatic heterocycles. The predicted molar refractivity (Wildman–Crippen MR) is 82.0 cm³/mol. The molecule has 0 radical (unpaired) electrons. The average Bonchev–Trinajstić information content (AvgIpc) is 2.99. The summed E-state index contributed by atoms with van der Waals surface area (Å²) in [5, 5.41) is 0. The molecule has 2 aromatic rings. The molecular weight excluding hydrogens is 297 g/mol. The largest absolute Gasteiger partial charge is 0.454 e. The van der Waals surface area contributed by atoms with Crippen LogP contribution in [0.4, 0.5) is 4.39 Å². The molecule has 0 N–H and O–H groups in total. The van der Waals surface area contributed by atoms with Crippen molar-refractivity contribution >= 4 is 5.91 Å². The molecule has 0 saturated carbocycles. The maximum absolute atomic E-state index is 13.9. The number of fused-ring (bicyclic) bond motifs is 2. The van der Waals surface area contributed by atoms with E-state index in [0.29, 0.717) is 18.7 Å². The van der Waals surface area contributed by atoms with Gasteiger partial charge in [-0.15, -0.1) is 0 Å². The molecule has 118 valence electrons. The topological polar surface area (TPSA) is 38.8 Å². The summed E-state index contributed by atoms with van der Waals surface area (Å²) in [6.07, 6.45) is 0.714. The molecule has 23 heavy (non-hydrogen) atoms. The Labute approximate surface area is 133 Å². The van der Waals surface area contributed by atoms with E-state index >= 15 is 0 Å². The summed E-state index contributed by atoms with van der Waals surface area (Å²) in [7, 11) is 0. The highest BCUT2D eigenvalue weighted by Crippen LogP contribution is 2.38. The first kappa shape index (κ1) is 14.1. The summed E-state index contributed by atoms with van der Waals surface area (Å²) in [5.41, 5.74) is 2.29. The van der Waals surface area contributed by atoms with Gasteiger partial charge in [-0.3, -0.25) is 4.79 Å². The molecule has 5 heteroatoms. The van der Waals surface area contributed by atoms with E-state index in [0.717, 1.165) is 16.9 Å². The van der Waals surface area contributed by atoms with Crippen molar-refractivity contribution in [2.45, 2.75) is 25.9 Å². The first-order chi connectivity index (χ1) is 11.1. The van der Waals surface area contributed by atoms with Crippen LogP contribution in [0.15, 0.2) is 36.4 Å². The minimum absolute atomic E-state index is 0.00465. The number of carbonyl (C=O) groups is 1. The van der Waals surface area contributed by atoms with Crippen molar-refractivity contribution in [2.24, 2.45) is 0 Å². The molecule has 1 atom stereocenters. The fourth-order valence-electron chi connectivity index (χ4n) is 3.19. The van der Waals surface area contributed by atoms with E-state index in [1.165, 1.54) is 12.1 Å². The Bertz CT molecular complexity index is 790. The molecule has 2 heterocycles. The molecule has 2 aliphatic rings. The molecule has 0 fully saturated rings. The Morgan fingerprint density at radius 1 is 1.17 bits per heavy atom. The molecule has 1 unspecified atom stereocenters. The van der Waals surface area contributed by atoms with E-state index in [9.17, 15) is 9.18 Å². The van der Waals surface area contributed by atoms with Crippen molar-refractivity contribution in [3.05, 3.63) is 58.9 Å². The Balaban J connectivity index is 1.67. The van der Waals surface area contributed by atoms with Crippen LogP contribution in [0.1, 0.15) is 28.4 Å². The lowest BCUT2D eigenvalue weighted by atomic mass is 9.93. The molecule has 0 spiro atoms. The third-order valence-electron chi connectivity index (χ3n) is 4.45. The number of ether oxygens (including phenoxy) is 2. The number of carbonyl (C=O) groups excluding carboxylic acids is 1. The smallest absolute Gasteiger partial charge is 0.257 e. The normalized spacial score (nSPS) is 18.7. The maximum Gasteiger partial charge on any atom is 0.257 e. The van der Waals surface area contributed by atoms with E-state index in [1.807, 2.05) is 19.1 Å². The standard InChI is InChI=1S/C18H16FNO3/c1-11-6-12-7-16-17(23-10-22-16)8-13(12)9-20(11)18(21)14-4-2-3-5-15(14)19/h2-5,7-8,11H,6,9-10H2,1H3. The minimum Gasteiger partial charge on any atom is -0.454 e. The molecule has 4 rings (SSSR count). The van der Waals surface area contributed by atoms with Gasteiger partial charge in [-0.25, -0.2) is 4.39 Å². The lowest BCUT2D eigenvalue weighted by molar-refractivity contribution is 0.0653. The number of benzene rings is 2. The zero-order valence-corrected chi connectivity index (χ0v) is 12.7. The molecule has 0 aromatic heterocycles. The second kappa shape index (κ2) is 5.26. The highest BCUT2D eigenvalue weighted by Gasteiger charge is 2.30. The molecule has 0 aliphatic carbocycles. The van der Waals surface area contributed by atoms with Crippen molar-refractivity contribution in [1.82, 2.24) is 4.90 Å². The number of halogens is 1. The van der Waals surface area contributed by atoms with Gasteiger partial charge in [-0.1, -0.05) is 12.1 Å². The summed E-state index contributed by atoms with van der Waals surface area (Å²) >= 11 is 0. The van der Waals surface area contributed by atoms with Crippen molar-refractivity contribution in [3.8, 4) is 11.5 Å². The van der Waals surface area contributed by atoms with Gasteiger partial charge >= 0.3 is 0 Å². The Hall–Kier alpha value is -2.56. The maximum atomic E-state index is 13.9. The van der Waals surface area contributed by atoms with Gasteiger partial charge in [0.2, 0.25) is 6.79 Å². The molecule has 1 amide bonds. The fraction of sp³-hybridized carbons (Fsp3) is 0.278. The van der Waals surface area contributed by atoms with Gasteiger partial charge in [0, 0.05) is 12.6 Å². The predicted octanol–water partition coefficient (Wildman–Crippen LogP) is 3.14. The highest BCUT2D eigenvalue weighted by molar-refractivity contribution is 5.94. The van der Waals surface area contributed by atoms with Gasteiger partial charge in [0.25, 0.3) is 5.91 Å². The van der Waals surface area contributed by atoms with Gasteiger partial charge in [-0.05, 0) is 48.7 Å². The van der Waals surface area contributed by atoms with Crippen molar-refractivity contribution in [2.75, 3.05) is 6.79 Å². The zero-order chi connectivity index (χ0) is 16.0. The van der Waals surface area contributed by atoms with Gasteiger partial charge in [0.1, 0.15) is 5.82 Å². The monoisotopic (exact) mass is 313 g/mol. The summed E-state index contributed by atoms with van der Waals surface area (Å²) in [6, 6.07) is 10.0. The van der Waals surface area contributed by atoms with E-state index < -0.39 is 5.82 Å². The van der Waals surface area contributed by atoms with Crippen LogP contribution < -0.4 is 9.47 Å². The second-order valence-electron chi connectivity index (χ2n) is 5.94. The van der Waals surface area contributed by atoms with Crippen LogP contribution in [0.2, 0.25) is 0 Å². The van der Waals surface area contributed by atoms with E-state index in [1.54, 1.807) is 17.0 Å².